The van der Waals surface area contributed by atoms with Gasteiger partial charge in [0.25, 0.3) is 0 Å². The third-order valence-corrected chi connectivity index (χ3v) is 6.66. The highest BCUT2D eigenvalue weighted by Crippen LogP contribution is 2.26. The van der Waals surface area contributed by atoms with Crippen LogP contribution in [0.1, 0.15) is 33.1 Å². The summed E-state index contributed by atoms with van der Waals surface area (Å²) in [6, 6.07) is 0. The van der Waals surface area contributed by atoms with Crippen LogP contribution in [0.2, 0.25) is 0 Å². The second-order valence-electron chi connectivity index (χ2n) is 6.72. The van der Waals surface area contributed by atoms with Gasteiger partial charge < -0.3 is 10.0 Å². The molecule has 1 N–H and O–H groups in total. The minimum atomic E-state index is -3.28. The number of aliphatic carboxylic acids is 1. The van der Waals surface area contributed by atoms with Crippen molar-refractivity contribution in [2.45, 2.75) is 33.1 Å². The van der Waals surface area contributed by atoms with E-state index in [1.54, 1.807) is 11.8 Å². The highest BCUT2D eigenvalue weighted by Gasteiger charge is 2.37. The molecule has 0 aliphatic carbocycles. The number of nitrogens with zero attached hydrogens (tertiary/aromatic N) is 2. The number of carboxylic acids is 1. The van der Waals surface area contributed by atoms with Crippen LogP contribution in [0.5, 0.6) is 0 Å². The van der Waals surface area contributed by atoms with Crippen LogP contribution >= 0.6 is 0 Å². The summed E-state index contributed by atoms with van der Waals surface area (Å²) in [6.45, 7) is 5.02. The highest BCUT2D eigenvalue weighted by atomic mass is 32.2. The SMILES string of the molecule is CCS(=O)(=O)N1CCCC(C(=O)N2CC(C)CC(C(=O)O)C2)C1. The van der Waals surface area contributed by atoms with Crippen LogP contribution in [0.3, 0.4) is 0 Å². The van der Waals surface area contributed by atoms with E-state index < -0.39 is 21.9 Å². The zero-order valence-electron chi connectivity index (χ0n) is 13.8. The monoisotopic (exact) mass is 346 g/mol. The topological polar surface area (TPSA) is 95.0 Å². The molecule has 0 aromatic rings. The molecular formula is C15H26N2O5S. The lowest BCUT2D eigenvalue weighted by atomic mass is 9.88. The molecule has 0 saturated carbocycles. The molecule has 2 rings (SSSR count). The van der Waals surface area contributed by atoms with Crippen molar-refractivity contribution < 1.29 is 23.1 Å². The number of sulfonamides is 1. The Bertz CT molecular complexity index is 562. The van der Waals surface area contributed by atoms with Crippen molar-refractivity contribution >= 4 is 21.9 Å². The zero-order valence-corrected chi connectivity index (χ0v) is 14.6. The van der Waals surface area contributed by atoms with Gasteiger partial charge in [-0.2, -0.15) is 0 Å². The predicted molar refractivity (Wildman–Crippen MR) is 85.2 cm³/mol. The fourth-order valence-corrected chi connectivity index (χ4v) is 4.73. The number of carboxylic acid groups (broad SMARTS) is 1. The predicted octanol–water partition coefficient (Wildman–Crippen LogP) is 0.617. The van der Waals surface area contributed by atoms with Gasteiger partial charge in [0.15, 0.2) is 0 Å². The molecule has 7 nitrogen and oxygen atoms in total. The number of hydrogen-bond donors (Lipinski definition) is 1. The van der Waals surface area contributed by atoms with Crippen molar-refractivity contribution in [3.63, 3.8) is 0 Å². The first-order valence-corrected chi connectivity index (χ1v) is 9.85. The van der Waals surface area contributed by atoms with Gasteiger partial charge in [-0.25, -0.2) is 12.7 Å². The van der Waals surface area contributed by atoms with E-state index in [0.29, 0.717) is 32.4 Å². The average Bonchev–Trinajstić information content (AvgIpc) is 2.53. The van der Waals surface area contributed by atoms with Gasteiger partial charge >= 0.3 is 5.97 Å². The van der Waals surface area contributed by atoms with Gasteiger partial charge in [-0.05, 0) is 32.1 Å². The molecule has 0 bridgehead atoms. The number of carbonyl (C=O) groups is 2. The number of piperidine rings is 2. The van der Waals surface area contributed by atoms with Gasteiger partial charge in [0, 0.05) is 26.2 Å². The molecular weight excluding hydrogens is 320 g/mol. The maximum absolute atomic E-state index is 12.7. The summed E-state index contributed by atoms with van der Waals surface area (Å²) in [5.74, 6) is -1.66. The van der Waals surface area contributed by atoms with Crippen molar-refractivity contribution in [2.75, 3.05) is 31.9 Å². The highest BCUT2D eigenvalue weighted by molar-refractivity contribution is 7.89. The van der Waals surface area contributed by atoms with E-state index in [-0.39, 0.29) is 36.6 Å². The van der Waals surface area contributed by atoms with Gasteiger partial charge in [0.1, 0.15) is 0 Å². The molecule has 3 unspecified atom stereocenters. The van der Waals surface area contributed by atoms with E-state index in [2.05, 4.69) is 0 Å². The summed E-state index contributed by atoms with van der Waals surface area (Å²) in [5.41, 5.74) is 0. The quantitative estimate of drug-likeness (QED) is 0.805. The Balaban J connectivity index is 2.05. The van der Waals surface area contributed by atoms with Crippen molar-refractivity contribution in [3.8, 4) is 0 Å². The van der Waals surface area contributed by atoms with Gasteiger partial charge in [-0.3, -0.25) is 9.59 Å². The number of amides is 1. The minimum Gasteiger partial charge on any atom is -0.481 e. The van der Waals surface area contributed by atoms with Crippen LogP contribution in [0.4, 0.5) is 0 Å². The molecule has 0 radical (unpaired) electrons. The lowest BCUT2D eigenvalue weighted by Gasteiger charge is -2.39. The van der Waals surface area contributed by atoms with Crippen LogP contribution in [0.15, 0.2) is 0 Å². The third-order valence-electron chi connectivity index (χ3n) is 4.81. The van der Waals surface area contributed by atoms with Gasteiger partial charge in [0.05, 0.1) is 17.6 Å². The number of likely N-dealkylation sites (tertiary alicyclic amines) is 1. The first kappa shape index (κ1) is 18.2. The Morgan fingerprint density at radius 3 is 2.48 bits per heavy atom. The zero-order chi connectivity index (χ0) is 17.2. The average molecular weight is 346 g/mol. The van der Waals surface area contributed by atoms with Crippen LogP contribution in [0, 0.1) is 17.8 Å². The molecule has 2 fully saturated rings. The summed E-state index contributed by atoms with van der Waals surface area (Å²) >= 11 is 0. The molecule has 0 spiro atoms. The molecule has 8 heteroatoms. The van der Waals surface area contributed by atoms with Crippen molar-refractivity contribution in [1.82, 2.24) is 9.21 Å². The molecule has 132 valence electrons. The fraction of sp³-hybridized carbons (Fsp3) is 0.867. The van der Waals surface area contributed by atoms with Crippen LogP contribution < -0.4 is 0 Å². The second-order valence-corrected chi connectivity index (χ2v) is 8.97. The Hall–Kier alpha value is -1.15. The van der Waals surface area contributed by atoms with E-state index in [1.807, 2.05) is 6.92 Å². The van der Waals surface area contributed by atoms with Crippen LogP contribution in [-0.4, -0.2) is 66.5 Å². The largest absolute Gasteiger partial charge is 0.481 e. The lowest BCUT2D eigenvalue weighted by Crippen LogP contribution is -2.51. The van der Waals surface area contributed by atoms with E-state index in [1.165, 1.54) is 4.31 Å². The second kappa shape index (κ2) is 7.17. The van der Waals surface area contributed by atoms with Crippen LogP contribution in [-0.2, 0) is 19.6 Å². The Kier molecular flexibility index (Phi) is 5.67. The van der Waals surface area contributed by atoms with Crippen molar-refractivity contribution in [1.29, 1.82) is 0 Å². The molecule has 0 aromatic carbocycles. The number of carbonyl (C=O) groups excluding carboxylic acids is 1. The Labute approximate surface area is 137 Å². The molecule has 2 saturated heterocycles. The van der Waals surface area contributed by atoms with Gasteiger partial charge in [-0.15, -0.1) is 0 Å². The van der Waals surface area contributed by atoms with E-state index in [4.69, 9.17) is 0 Å². The van der Waals surface area contributed by atoms with Crippen molar-refractivity contribution in [3.05, 3.63) is 0 Å². The molecule has 1 amide bonds. The Morgan fingerprint density at radius 2 is 1.87 bits per heavy atom. The maximum Gasteiger partial charge on any atom is 0.308 e. The third kappa shape index (κ3) is 4.23. The molecule has 2 heterocycles. The first-order chi connectivity index (χ1) is 10.7. The van der Waals surface area contributed by atoms with E-state index in [0.717, 1.165) is 0 Å². The number of rotatable bonds is 4. The van der Waals surface area contributed by atoms with Gasteiger partial charge in [0.2, 0.25) is 15.9 Å². The Morgan fingerprint density at radius 1 is 1.17 bits per heavy atom. The first-order valence-electron chi connectivity index (χ1n) is 8.24. The number of hydrogen-bond acceptors (Lipinski definition) is 4. The molecule has 3 atom stereocenters. The molecule has 23 heavy (non-hydrogen) atoms. The summed E-state index contributed by atoms with van der Waals surface area (Å²) in [4.78, 5) is 25.6. The molecule has 2 aliphatic heterocycles. The standard InChI is InChI=1S/C15H26N2O5S/c1-3-23(21,22)17-6-4-5-12(10-17)14(18)16-8-11(2)7-13(9-16)15(19)20/h11-13H,3-10H2,1-2H3,(H,19,20). The van der Waals surface area contributed by atoms with Crippen molar-refractivity contribution in [2.24, 2.45) is 17.8 Å². The van der Waals surface area contributed by atoms with E-state index >= 15 is 0 Å². The summed E-state index contributed by atoms with van der Waals surface area (Å²) in [6.07, 6.45) is 1.92. The maximum atomic E-state index is 12.7. The molecule has 0 aromatic heterocycles. The smallest absolute Gasteiger partial charge is 0.308 e. The van der Waals surface area contributed by atoms with Crippen LogP contribution in [0.25, 0.3) is 0 Å². The lowest BCUT2D eigenvalue weighted by molar-refractivity contribution is -0.148. The normalized spacial score (nSPS) is 30.2. The van der Waals surface area contributed by atoms with Gasteiger partial charge in [-0.1, -0.05) is 6.92 Å². The summed E-state index contributed by atoms with van der Waals surface area (Å²) in [7, 11) is -3.28. The fourth-order valence-electron chi connectivity index (χ4n) is 3.55. The minimum absolute atomic E-state index is 0.0374. The summed E-state index contributed by atoms with van der Waals surface area (Å²) in [5, 5.41) is 9.22. The van der Waals surface area contributed by atoms with E-state index in [9.17, 15) is 23.1 Å². The molecule has 2 aliphatic rings. The summed E-state index contributed by atoms with van der Waals surface area (Å²) < 4.78 is 25.4.